The Balaban J connectivity index is 2.20. The van der Waals surface area contributed by atoms with E-state index in [1.54, 1.807) is 20.3 Å². The molecule has 0 atom stereocenters. The second-order valence-corrected chi connectivity index (χ2v) is 3.84. The lowest BCUT2D eigenvalue weighted by Gasteiger charge is -2.08. The minimum Gasteiger partial charge on any atom is -0.493 e. The summed E-state index contributed by atoms with van der Waals surface area (Å²) < 4.78 is 10.4. The fourth-order valence-electron chi connectivity index (χ4n) is 1.67. The quantitative estimate of drug-likeness (QED) is 0.817. The van der Waals surface area contributed by atoms with Crippen molar-refractivity contribution in [1.82, 2.24) is 15.2 Å². The van der Waals surface area contributed by atoms with Crippen LogP contribution in [0, 0.1) is 0 Å². The molecule has 0 radical (unpaired) electrons. The van der Waals surface area contributed by atoms with Crippen molar-refractivity contribution in [3.63, 3.8) is 0 Å². The molecule has 0 spiro atoms. The van der Waals surface area contributed by atoms with Gasteiger partial charge in [-0.25, -0.2) is 4.98 Å². The molecule has 1 amide bonds. The average molecular weight is 262 g/mol. The number of carbonyl (C=O) groups excluding carboxylic acids is 1. The number of hydrogen-bond acceptors (Lipinski definition) is 5. The van der Waals surface area contributed by atoms with Crippen LogP contribution >= 0.6 is 0 Å². The summed E-state index contributed by atoms with van der Waals surface area (Å²) in [5.74, 6) is 1.17. The molecule has 7 heteroatoms. The van der Waals surface area contributed by atoms with Crippen LogP contribution in [0.15, 0.2) is 18.2 Å². The van der Waals surface area contributed by atoms with Crippen LogP contribution in [0.25, 0.3) is 0 Å². The number of nitrogens with one attached hydrogen (secondary N) is 1. The van der Waals surface area contributed by atoms with Gasteiger partial charge in [-0.2, -0.15) is 0 Å². The van der Waals surface area contributed by atoms with Crippen LogP contribution in [0.2, 0.25) is 0 Å². The van der Waals surface area contributed by atoms with Crippen molar-refractivity contribution in [3.05, 3.63) is 35.4 Å². The summed E-state index contributed by atoms with van der Waals surface area (Å²) in [6.45, 7) is 0. The fraction of sp³-hybridized carbons (Fsp3) is 0.250. The summed E-state index contributed by atoms with van der Waals surface area (Å²) in [4.78, 5) is 14.9. The van der Waals surface area contributed by atoms with Crippen LogP contribution in [0.4, 0.5) is 0 Å². The van der Waals surface area contributed by atoms with Gasteiger partial charge < -0.3 is 15.2 Å². The summed E-state index contributed by atoms with van der Waals surface area (Å²) in [6, 6.07) is 5.53. The summed E-state index contributed by atoms with van der Waals surface area (Å²) in [5.41, 5.74) is 6.03. The minimum absolute atomic E-state index is 0.0181. The van der Waals surface area contributed by atoms with Crippen molar-refractivity contribution in [2.24, 2.45) is 5.73 Å². The van der Waals surface area contributed by atoms with Crippen LogP contribution in [0.1, 0.15) is 22.0 Å². The maximum Gasteiger partial charge on any atom is 0.288 e. The Kier molecular flexibility index (Phi) is 3.65. The van der Waals surface area contributed by atoms with E-state index in [1.807, 2.05) is 12.1 Å². The predicted octanol–water partition coefficient (Wildman–Crippen LogP) is 0.512. The van der Waals surface area contributed by atoms with E-state index in [0.717, 1.165) is 5.56 Å². The van der Waals surface area contributed by atoms with E-state index < -0.39 is 5.91 Å². The number of hydrogen-bond donors (Lipinski definition) is 2. The number of rotatable bonds is 5. The average Bonchev–Trinajstić information content (AvgIpc) is 2.87. The summed E-state index contributed by atoms with van der Waals surface area (Å²) in [5, 5.41) is 6.39. The first kappa shape index (κ1) is 12.9. The Morgan fingerprint density at radius 3 is 2.63 bits per heavy atom. The number of amides is 1. The lowest BCUT2D eigenvalue weighted by molar-refractivity contribution is 0.0991. The monoisotopic (exact) mass is 262 g/mol. The number of carbonyl (C=O) groups is 1. The third-order valence-electron chi connectivity index (χ3n) is 2.57. The molecule has 2 rings (SSSR count). The van der Waals surface area contributed by atoms with Gasteiger partial charge in [0.25, 0.3) is 5.91 Å². The molecule has 19 heavy (non-hydrogen) atoms. The van der Waals surface area contributed by atoms with E-state index in [9.17, 15) is 4.79 Å². The molecule has 0 saturated carbocycles. The molecule has 0 unspecified atom stereocenters. The number of H-pyrrole nitrogens is 1. The van der Waals surface area contributed by atoms with Gasteiger partial charge in [0, 0.05) is 6.42 Å². The zero-order chi connectivity index (χ0) is 13.8. The molecule has 0 bridgehead atoms. The molecule has 100 valence electrons. The van der Waals surface area contributed by atoms with E-state index in [2.05, 4.69) is 15.2 Å². The highest BCUT2D eigenvalue weighted by atomic mass is 16.5. The highest BCUT2D eigenvalue weighted by Crippen LogP contribution is 2.28. The van der Waals surface area contributed by atoms with Gasteiger partial charge in [-0.1, -0.05) is 6.07 Å². The molecule has 0 aliphatic carbocycles. The van der Waals surface area contributed by atoms with E-state index in [4.69, 9.17) is 15.2 Å². The molecular formula is C12H14N4O3. The van der Waals surface area contributed by atoms with Gasteiger partial charge in [-0.15, -0.1) is 5.10 Å². The van der Waals surface area contributed by atoms with E-state index >= 15 is 0 Å². The molecule has 0 fully saturated rings. The Hall–Kier alpha value is -2.57. The van der Waals surface area contributed by atoms with E-state index in [0.29, 0.717) is 23.7 Å². The standard InChI is InChI=1S/C12H14N4O3/c1-18-8-4-3-7(5-9(8)19-2)6-10-14-12(11(13)17)16-15-10/h3-5H,6H2,1-2H3,(H2,13,17)(H,14,15,16). The number of benzene rings is 1. The molecule has 7 nitrogen and oxygen atoms in total. The topological polar surface area (TPSA) is 103 Å². The number of ether oxygens (including phenoxy) is 2. The summed E-state index contributed by atoms with van der Waals surface area (Å²) >= 11 is 0. The fourth-order valence-corrected chi connectivity index (χ4v) is 1.67. The van der Waals surface area contributed by atoms with E-state index in [1.165, 1.54) is 0 Å². The summed E-state index contributed by atoms with van der Waals surface area (Å²) in [7, 11) is 3.15. The first-order valence-corrected chi connectivity index (χ1v) is 5.56. The molecule has 0 aliphatic rings. The van der Waals surface area contributed by atoms with Crippen molar-refractivity contribution in [2.45, 2.75) is 6.42 Å². The molecule has 1 heterocycles. The molecular weight excluding hydrogens is 248 g/mol. The number of methoxy groups -OCH3 is 2. The Bertz CT molecular complexity index is 594. The first-order valence-electron chi connectivity index (χ1n) is 5.56. The maximum absolute atomic E-state index is 10.9. The Morgan fingerprint density at radius 1 is 1.32 bits per heavy atom. The van der Waals surface area contributed by atoms with Crippen molar-refractivity contribution in [2.75, 3.05) is 14.2 Å². The largest absolute Gasteiger partial charge is 0.493 e. The molecule has 0 aliphatic heterocycles. The molecule has 0 saturated heterocycles. The van der Waals surface area contributed by atoms with Gasteiger partial charge in [-0.05, 0) is 17.7 Å². The highest BCUT2D eigenvalue weighted by Gasteiger charge is 2.10. The lowest BCUT2D eigenvalue weighted by atomic mass is 10.1. The molecule has 2 aromatic rings. The highest BCUT2D eigenvalue weighted by molar-refractivity contribution is 5.88. The van der Waals surface area contributed by atoms with Crippen molar-refractivity contribution in [3.8, 4) is 11.5 Å². The third kappa shape index (κ3) is 2.82. The lowest BCUT2D eigenvalue weighted by Crippen LogP contribution is -2.12. The van der Waals surface area contributed by atoms with Crippen molar-refractivity contribution < 1.29 is 14.3 Å². The van der Waals surface area contributed by atoms with Crippen LogP contribution in [0.5, 0.6) is 11.5 Å². The Labute approximate surface area is 109 Å². The summed E-state index contributed by atoms with van der Waals surface area (Å²) in [6.07, 6.45) is 0.487. The normalized spacial score (nSPS) is 10.2. The minimum atomic E-state index is -0.658. The number of primary amides is 1. The second kappa shape index (κ2) is 5.38. The Morgan fingerprint density at radius 2 is 2.05 bits per heavy atom. The van der Waals surface area contributed by atoms with Crippen LogP contribution in [0.3, 0.4) is 0 Å². The molecule has 1 aromatic heterocycles. The number of aromatic nitrogens is 3. The van der Waals surface area contributed by atoms with Crippen LogP contribution in [-0.2, 0) is 6.42 Å². The van der Waals surface area contributed by atoms with Crippen LogP contribution < -0.4 is 15.2 Å². The third-order valence-corrected chi connectivity index (χ3v) is 2.57. The van der Waals surface area contributed by atoms with Gasteiger partial charge in [-0.3, -0.25) is 9.89 Å². The van der Waals surface area contributed by atoms with Gasteiger partial charge in [0.05, 0.1) is 14.2 Å². The second-order valence-electron chi connectivity index (χ2n) is 3.84. The smallest absolute Gasteiger partial charge is 0.288 e. The van der Waals surface area contributed by atoms with Gasteiger partial charge >= 0.3 is 0 Å². The first-order chi connectivity index (χ1) is 9.13. The SMILES string of the molecule is COc1ccc(Cc2nc(C(N)=O)n[nH]2)cc1OC. The maximum atomic E-state index is 10.9. The molecule has 3 N–H and O–H groups in total. The molecule has 1 aromatic carbocycles. The van der Waals surface area contributed by atoms with Crippen LogP contribution in [-0.4, -0.2) is 35.3 Å². The number of nitrogens with zero attached hydrogens (tertiary/aromatic N) is 2. The number of nitrogens with two attached hydrogens (primary N) is 1. The van der Waals surface area contributed by atoms with Gasteiger partial charge in [0.15, 0.2) is 11.5 Å². The van der Waals surface area contributed by atoms with Crippen molar-refractivity contribution >= 4 is 5.91 Å². The van der Waals surface area contributed by atoms with Crippen molar-refractivity contribution in [1.29, 1.82) is 0 Å². The zero-order valence-electron chi connectivity index (χ0n) is 10.6. The predicted molar refractivity (Wildman–Crippen MR) is 67.3 cm³/mol. The van der Waals surface area contributed by atoms with Gasteiger partial charge in [0.1, 0.15) is 5.82 Å². The van der Waals surface area contributed by atoms with Gasteiger partial charge in [0.2, 0.25) is 5.82 Å². The van der Waals surface area contributed by atoms with E-state index in [-0.39, 0.29) is 5.82 Å². The number of aromatic amines is 1. The zero-order valence-corrected chi connectivity index (χ0v) is 10.6.